The number of aliphatic hydroxyl groups is 1. The number of carbonyl (C=O) groups excluding carboxylic acids is 1. The number of rotatable bonds is 6. The summed E-state index contributed by atoms with van der Waals surface area (Å²) in [6.07, 6.45) is 8.02. The molecule has 1 aliphatic carbocycles. The molecule has 0 spiro atoms. The van der Waals surface area contributed by atoms with E-state index in [1.165, 1.54) is 39.2 Å². The van der Waals surface area contributed by atoms with E-state index in [0.717, 1.165) is 6.42 Å². The molecule has 18 heavy (non-hydrogen) atoms. The molecular formula is C13H27NO4. The molecule has 5 nitrogen and oxygen atoms in total. The molecule has 0 radical (unpaired) electrons. The maximum Gasteiger partial charge on any atom is 0.305 e. The van der Waals surface area contributed by atoms with Gasteiger partial charge in [-0.25, -0.2) is 0 Å². The van der Waals surface area contributed by atoms with Crippen LogP contribution in [0.2, 0.25) is 0 Å². The molecule has 1 aliphatic rings. The summed E-state index contributed by atoms with van der Waals surface area (Å²) in [6.45, 7) is 1.17. The SMILES string of the molecule is COC(=O)CCCOC1CCCCC1.NCCO. The minimum atomic E-state index is -0.141. The van der Waals surface area contributed by atoms with Crippen LogP contribution in [-0.2, 0) is 14.3 Å². The fourth-order valence-electron chi connectivity index (χ4n) is 1.80. The molecule has 3 N–H and O–H groups in total. The normalized spacial score (nSPS) is 15.7. The van der Waals surface area contributed by atoms with Gasteiger partial charge >= 0.3 is 5.97 Å². The summed E-state index contributed by atoms with van der Waals surface area (Å²) in [5.74, 6) is -0.141. The van der Waals surface area contributed by atoms with Gasteiger partial charge in [0.15, 0.2) is 0 Å². The van der Waals surface area contributed by atoms with E-state index in [2.05, 4.69) is 4.74 Å². The van der Waals surface area contributed by atoms with Gasteiger partial charge in [0, 0.05) is 19.6 Å². The van der Waals surface area contributed by atoms with Crippen molar-refractivity contribution >= 4 is 5.97 Å². The third-order valence-electron chi connectivity index (χ3n) is 2.79. The van der Waals surface area contributed by atoms with Crippen LogP contribution >= 0.6 is 0 Å². The molecule has 1 saturated carbocycles. The zero-order valence-corrected chi connectivity index (χ0v) is 11.4. The maximum atomic E-state index is 10.8. The zero-order valence-electron chi connectivity index (χ0n) is 11.4. The first kappa shape index (κ1) is 17.4. The van der Waals surface area contributed by atoms with Crippen LogP contribution in [0.1, 0.15) is 44.9 Å². The highest BCUT2D eigenvalue weighted by Crippen LogP contribution is 2.20. The van der Waals surface area contributed by atoms with E-state index in [9.17, 15) is 4.79 Å². The Labute approximate surface area is 110 Å². The molecule has 5 heteroatoms. The Morgan fingerprint density at radius 1 is 1.33 bits per heavy atom. The molecule has 0 atom stereocenters. The van der Waals surface area contributed by atoms with Gasteiger partial charge in [-0.2, -0.15) is 0 Å². The van der Waals surface area contributed by atoms with Crippen LogP contribution in [0.5, 0.6) is 0 Å². The second-order valence-corrected chi connectivity index (χ2v) is 4.32. The average molecular weight is 261 g/mol. The summed E-state index contributed by atoms with van der Waals surface area (Å²) in [5, 5.41) is 7.75. The summed E-state index contributed by atoms with van der Waals surface area (Å²) >= 11 is 0. The first-order valence-corrected chi connectivity index (χ1v) is 6.74. The predicted octanol–water partition coefficient (Wildman–Crippen LogP) is 1.23. The Bertz CT molecular complexity index is 191. The minimum Gasteiger partial charge on any atom is -0.469 e. The van der Waals surface area contributed by atoms with Crippen molar-refractivity contribution in [2.24, 2.45) is 5.73 Å². The first-order valence-electron chi connectivity index (χ1n) is 6.74. The molecule has 108 valence electrons. The van der Waals surface area contributed by atoms with Gasteiger partial charge in [-0.15, -0.1) is 0 Å². The Morgan fingerprint density at radius 2 is 1.94 bits per heavy atom. The lowest BCUT2D eigenvalue weighted by atomic mass is 9.98. The lowest BCUT2D eigenvalue weighted by molar-refractivity contribution is -0.141. The van der Waals surface area contributed by atoms with E-state index in [-0.39, 0.29) is 12.6 Å². The number of ether oxygens (including phenoxy) is 2. The van der Waals surface area contributed by atoms with Crippen molar-refractivity contribution in [2.75, 3.05) is 26.9 Å². The Hall–Kier alpha value is -0.650. The first-order chi connectivity index (χ1) is 8.74. The maximum absolute atomic E-state index is 10.8. The molecule has 0 bridgehead atoms. The monoisotopic (exact) mass is 261 g/mol. The van der Waals surface area contributed by atoms with E-state index in [1.54, 1.807) is 0 Å². The van der Waals surface area contributed by atoms with E-state index in [4.69, 9.17) is 15.6 Å². The van der Waals surface area contributed by atoms with Crippen molar-refractivity contribution < 1.29 is 19.4 Å². The fraction of sp³-hybridized carbons (Fsp3) is 0.923. The molecular weight excluding hydrogens is 234 g/mol. The molecule has 0 aromatic carbocycles. The van der Waals surface area contributed by atoms with Gasteiger partial charge in [0.2, 0.25) is 0 Å². The van der Waals surface area contributed by atoms with Crippen molar-refractivity contribution in [3.05, 3.63) is 0 Å². The van der Waals surface area contributed by atoms with Crippen molar-refractivity contribution in [3.63, 3.8) is 0 Å². The van der Waals surface area contributed by atoms with Crippen LogP contribution in [0, 0.1) is 0 Å². The molecule has 0 aliphatic heterocycles. The Morgan fingerprint density at radius 3 is 2.44 bits per heavy atom. The van der Waals surface area contributed by atoms with Gasteiger partial charge in [0.25, 0.3) is 0 Å². The lowest BCUT2D eigenvalue weighted by Crippen LogP contribution is -2.17. The van der Waals surface area contributed by atoms with Crippen molar-refractivity contribution in [1.29, 1.82) is 0 Å². The molecule has 0 saturated heterocycles. The van der Waals surface area contributed by atoms with Gasteiger partial charge in [0.1, 0.15) is 0 Å². The summed E-state index contributed by atoms with van der Waals surface area (Å²) < 4.78 is 10.2. The number of hydrogen-bond acceptors (Lipinski definition) is 5. The van der Waals surface area contributed by atoms with Gasteiger partial charge in [-0.05, 0) is 19.3 Å². The minimum absolute atomic E-state index is 0.0972. The number of esters is 1. The van der Waals surface area contributed by atoms with Crippen LogP contribution in [0.4, 0.5) is 0 Å². The van der Waals surface area contributed by atoms with Gasteiger partial charge in [0.05, 0.1) is 19.8 Å². The van der Waals surface area contributed by atoms with Crippen molar-refractivity contribution in [3.8, 4) is 0 Å². The fourth-order valence-corrected chi connectivity index (χ4v) is 1.80. The molecule has 1 rings (SSSR count). The molecule has 0 unspecified atom stereocenters. The second-order valence-electron chi connectivity index (χ2n) is 4.32. The van der Waals surface area contributed by atoms with Crippen LogP contribution in [0.15, 0.2) is 0 Å². The van der Waals surface area contributed by atoms with E-state index < -0.39 is 0 Å². The van der Waals surface area contributed by atoms with E-state index in [1.807, 2.05) is 0 Å². The molecule has 0 amide bonds. The van der Waals surface area contributed by atoms with E-state index in [0.29, 0.717) is 25.7 Å². The molecule has 0 aromatic rings. The third kappa shape index (κ3) is 10.5. The average Bonchev–Trinajstić information content (AvgIpc) is 2.44. The highest BCUT2D eigenvalue weighted by Gasteiger charge is 2.13. The molecule has 0 heterocycles. The molecule has 1 fully saturated rings. The molecule has 0 aromatic heterocycles. The number of carbonyl (C=O) groups is 1. The Balaban J connectivity index is 0.000000631. The number of aliphatic hydroxyl groups excluding tert-OH is 1. The van der Waals surface area contributed by atoms with Crippen LogP contribution < -0.4 is 5.73 Å². The summed E-state index contributed by atoms with van der Waals surface area (Å²) in [5.41, 5.74) is 4.78. The number of hydrogen-bond donors (Lipinski definition) is 2. The second kappa shape index (κ2) is 12.8. The number of methoxy groups -OCH3 is 1. The highest BCUT2D eigenvalue weighted by molar-refractivity contribution is 5.68. The van der Waals surface area contributed by atoms with Crippen molar-refractivity contribution in [1.82, 2.24) is 0 Å². The lowest BCUT2D eigenvalue weighted by Gasteiger charge is -2.21. The Kier molecular flexibility index (Phi) is 12.3. The van der Waals surface area contributed by atoms with Gasteiger partial charge in [-0.3, -0.25) is 4.79 Å². The summed E-state index contributed by atoms with van der Waals surface area (Å²) in [4.78, 5) is 10.8. The highest BCUT2D eigenvalue weighted by atomic mass is 16.5. The smallest absolute Gasteiger partial charge is 0.305 e. The summed E-state index contributed by atoms with van der Waals surface area (Å²) in [6, 6.07) is 0. The number of nitrogens with two attached hydrogens (primary N) is 1. The van der Waals surface area contributed by atoms with Gasteiger partial charge < -0.3 is 20.3 Å². The predicted molar refractivity (Wildman–Crippen MR) is 70.2 cm³/mol. The standard InChI is InChI=1S/C11H20O3.C2H7NO/c1-13-11(12)8-5-9-14-10-6-3-2-4-7-10;3-1-2-4/h10H,2-9H2,1H3;4H,1-3H2. The quantitative estimate of drug-likeness (QED) is 0.555. The van der Waals surface area contributed by atoms with Crippen molar-refractivity contribution in [2.45, 2.75) is 51.0 Å². The summed E-state index contributed by atoms with van der Waals surface area (Å²) in [7, 11) is 1.42. The van der Waals surface area contributed by atoms with Gasteiger partial charge in [-0.1, -0.05) is 19.3 Å². The van der Waals surface area contributed by atoms with Crippen LogP contribution in [0.3, 0.4) is 0 Å². The topological polar surface area (TPSA) is 81.8 Å². The van der Waals surface area contributed by atoms with Crippen LogP contribution in [0.25, 0.3) is 0 Å². The zero-order chi connectivity index (χ0) is 13.6. The van der Waals surface area contributed by atoms with E-state index >= 15 is 0 Å². The third-order valence-corrected chi connectivity index (χ3v) is 2.79. The van der Waals surface area contributed by atoms with Crippen LogP contribution in [-0.4, -0.2) is 44.0 Å². The largest absolute Gasteiger partial charge is 0.469 e.